The van der Waals surface area contributed by atoms with Gasteiger partial charge in [0.1, 0.15) is 16.9 Å². The summed E-state index contributed by atoms with van der Waals surface area (Å²) in [5, 5.41) is 11.5. The molecule has 0 aromatic carbocycles. The normalized spacial score (nSPS) is 14.4. The van der Waals surface area contributed by atoms with Crippen molar-refractivity contribution in [3.8, 4) is 0 Å². The number of carboxylic acids is 1. The Kier molecular flexibility index (Phi) is 6.35. The van der Waals surface area contributed by atoms with E-state index in [2.05, 4.69) is 17.9 Å². The molecule has 0 aromatic heterocycles. The largest absolute Gasteiger partial charge is 0.480 e. The van der Waals surface area contributed by atoms with Crippen LogP contribution in [0.1, 0.15) is 40.5 Å². The molecule has 0 aliphatic carbocycles. The predicted octanol–water partition coefficient (Wildman–Crippen LogP) is 1.63. The zero-order valence-electron chi connectivity index (χ0n) is 11.6. The highest BCUT2D eigenvalue weighted by atomic mass is 32.1. The third-order valence-corrected chi connectivity index (χ3v) is 2.68. The Morgan fingerprint density at radius 3 is 2.11 bits per heavy atom. The number of thiol groups is 1. The topological polar surface area (TPSA) is 92.7 Å². The van der Waals surface area contributed by atoms with Gasteiger partial charge in [0.2, 0.25) is 0 Å². The number of carboxylic acid groups (broad SMARTS) is 1. The molecular weight excluding hydrogens is 270 g/mol. The first-order chi connectivity index (χ1) is 8.50. The molecule has 6 nitrogen and oxygen atoms in total. The molecule has 0 aromatic rings. The van der Waals surface area contributed by atoms with Crippen LogP contribution in [0.25, 0.3) is 0 Å². The second-order valence-electron chi connectivity index (χ2n) is 5.46. The molecule has 0 saturated heterocycles. The van der Waals surface area contributed by atoms with Crippen LogP contribution in [-0.4, -0.2) is 39.8 Å². The van der Waals surface area contributed by atoms with Gasteiger partial charge in [0.25, 0.3) is 0 Å². The summed E-state index contributed by atoms with van der Waals surface area (Å²) in [6, 6.07) is 0. The number of Topliss-reactive ketones (excluding diaryl/α,β-unsaturated/α-hetero) is 1. The minimum absolute atomic E-state index is 0.0129. The average Bonchev–Trinajstić information content (AvgIpc) is 2.22. The summed E-state index contributed by atoms with van der Waals surface area (Å²) in [7, 11) is 0. The van der Waals surface area contributed by atoms with Crippen LogP contribution in [0.5, 0.6) is 0 Å². The zero-order chi connectivity index (χ0) is 15.3. The van der Waals surface area contributed by atoms with Crippen LogP contribution < -0.4 is 5.32 Å². The van der Waals surface area contributed by atoms with Crippen molar-refractivity contribution in [2.75, 3.05) is 5.75 Å². The van der Waals surface area contributed by atoms with Crippen LogP contribution in [0, 0.1) is 0 Å². The molecule has 0 aliphatic rings. The summed E-state index contributed by atoms with van der Waals surface area (Å²) >= 11 is 3.81. The van der Waals surface area contributed by atoms with Gasteiger partial charge in [0, 0.05) is 12.2 Å². The number of nitrogens with one attached hydrogen (secondary N) is 1. The molecule has 0 spiro atoms. The van der Waals surface area contributed by atoms with Crippen LogP contribution in [0.15, 0.2) is 0 Å². The van der Waals surface area contributed by atoms with Crippen LogP contribution in [-0.2, 0) is 14.3 Å². The van der Waals surface area contributed by atoms with E-state index in [1.807, 2.05) is 0 Å². The van der Waals surface area contributed by atoms with E-state index in [0.29, 0.717) is 0 Å². The number of rotatable bonds is 6. The maximum atomic E-state index is 11.6. The fourth-order valence-electron chi connectivity index (χ4n) is 1.22. The van der Waals surface area contributed by atoms with Crippen LogP contribution in [0.2, 0.25) is 0 Å². The molecule has 0 radical (unpaired) electrons. The Bertz CT molecular complexity index is 364. The van der Waals surface area contributed by atoms with Gasteiger partial charge in [-0.05, 0) is 34.1 Å². The average molecular weight is 291 g/mol. The molecule has 0 heterocycles. The van der Waals surface area contributed by atoms with Gasteiger partial charge in [-0.1, -0.05) is 0 Å². The van der Waals surface area contributed by atoms with E-state index >= 15 is 0 Å². The van der Waals surface area contributed by atoms with Crippen molar-refractivity contribution in [3.63, 3.8) is 0 Å². The van der Waals surface area contributed by atoms with E-state index in [9.17, 15) is 14.4 Å². The van der Waals surface area contributed by atoms with Gasteiger partial charge in [0.05, 0.1) is 0 Å². The summed E-state index contributed by atoms with van der Waals surface area (Å²) < 4.78 is 5.00. The van der Waals surface area contributed by atoms with Crippen LogP contribution in [0.3, 0.4) is 0 Å². The molecular formula is C12H21NO5S. The first kappa shape index (κ1) is 17.8. The SMILES string of the molecule is CC(C)(C)OC(=O)NC(C)(CCC(=O)CS)C(=O)O. The van der Waals surface area contributed by atoms with Crippen molar-refractivity contribution in [3.05, 3.63) is 0 Å². The number of ether oxygens (including phenoxy) is 1. The third kappa shape index (κ3) is 7.05. The van der Waals surface area contributed by atoms with Gasteiger partial charge in [-0.3, -0.25) is 4.79 Å². The number of alkyl carbamates (subject to hydrolysis) is 1. The molecule has 0 aliphatic heterocycles. The molecule has 0 rings (SSSR count). The quantitative estimate of drug-likeness (QED) is 0.647. The highest BCUT2D eigenvalue weighted by Gasteiger charge is 2.36. The number of carbonyl (C=O) groups is 3. The van der Waals surface area contributed by atoms with E-state index in [0.717, 1.165) is 0 Å². The minimum atomic E-state index is -1.54. The number of carbonyl (C=O) groups excluding carboxylic acids is 2. The fraction of sp³-hybridized carbons (Fsp3) is 0.750. The molecule has 7 heteroatoms. The lowest BCUT2D eigenvalue weighted by Crippen LogP contribution is -2.53. The zero-order valence-corrected chi connectivity index (χ0v) is 12.5. The summed E-state index contributed by atoms with van der Waals surface area (Å²) in [6.07, 6.45) is -0.806. The van der Waals surface area contributed by atoms with Crippen LogP contribution in [0.4, 0.5) is 4.79 Å². The summed E-state index contributed by atoms with van der Waals surface area (Å²) in [6.45, 7) is 6.37. The first-order valence-corrected chi connectivity index (χ1v) is 6.50. The summed E-state index contributed by atoms with van der Waals surface area (Å²) in [5.74, 6) is -1.35. The number of amides is 1. The number of hydrogen-bond donors (Lipinski definition) is 3. The molecule has 0 fully saturated rings. The molecule has 1 amide bonds. The van der Waals surface area contributed by atoms with Crippen molar-refractivity contribution >= 4 is 30.5 Å². The van der Waals surface area contributed by atoms with Crippen molar-refractivity contribution in [2.45, 2.75) is 51.7 Å². The Morgan fingerprint density at radius 2 is 1.74 bits per heavy atom. The Morgan fingerprint density at radius 1 is 1.21 bits per heavy atom. The minimum Gasteiger partial charge on any atom is -0.480 e. The highest BCUT2D eigenvalue weighted by Crippen LogP contribution is 2.15. The number of hydrogen-bond acceptors (Lipinski definition) is 5. The molecule has 1 atom stereocenters. The van der Waals surface area contributed by atoms with E-state index in [4.69, 9.17) is 9.84 Å². The maximum Gasteiger partial charge on any atom is 0.408 e. The Hall–Kier alpha value is -1.24. The third-order valence-electron chi connectivity index (χ3n) is 2.33. The number of ketones is 1. The van der Waals surface area contributed by atoms with Gasteiger partial charge in [-0.25, -0.2) is 9.59 Å². The maximum absolute atomic E-state index is 11.6. The molecule has 19 heavy (non-hydrogen) atoms. The van der Waals surface area contributed by atoms with Crippen molar-refractivity contribution in [1.82, 2.24) is 5.32 Å². The Labute approximate surface area is 118 Å². The first-order valence-electron chi connectivity index (χ1n) is 5.87. The predicted molar refractivity (Wildman–Crippen MR) is 73.5 cm³/mol. The second kappa shape index (κ2) is 6.79. The smallest absolute Gasteiger partial charge is 0.408 e. The van der Waals surface area contributed by atoms with Gasteiger partial charge in [0.15, 0.2) is 0 Å². The van der Waals surface area contributed by atoms with E-state index < -0.39 is 23.2 Å². The molecule has 110 valence electrons. The lowest BCUT2D eigenvalue weighted by atomic mass is 9.95. The van der Waals surface area contributed by atoms with Gasteiger partial charge < -0.3 is 15.2 Å². The monoisotopic (exact) mass is 291 g/mol. The van der Waals surface area contributed by atoms with Crippen molar-refractivity contribution < 1.29 is 24.2 Å². The van der Waals surface area contributed by atoms with Crippen LogP contribution >= 0.6 is 12.6 Å². The van der Waals surface area contributed by atoms with Crippen molar-refractivity contribution in [1.29, 1.82) is 0 Å². The summed E-state index contributed by atoms with van der Waals surface area (Å²) in [4.78, 5) is 34.0. The molecule has 2 N–H and O–H groups in total. The molecule has 1 unspecified atom stereocenters. The summed E-state index contributed by atoms with van der Waals surface area (Å²) in [5.41, 5.74) is -2.26. The Balaban J connectivity index is 4.67. The van der Waals surface area contributed by atoms with Crippen molar-refractivity contribution in [2.24, 2.45) is 0 Å². The van der Waals surface area contributed by atoms with E-state index in [-0.39, 0.29) is 24.4 Å². The van der Waals surface area contributed by atoms with Gasteiger partial charge in [-0.2, -0.15) is 12.6 Å². The standard InChI is InChI=1S/C12H21NO5S/c1-11(2,3)18-10(17)13-12(4,9(15)16)6-5-8(14)7-19/h19H,5-7H2,1-4H3,(H,13,17)(H,15,16). The van der Waals surface area contributed by atoms with Gasteiger partial charge in [-0.15, -0.1) is 0 Å². The molecule has 0 bridgehead atoms. The second-order valence-corrected chi connectivity index (χ2v) is 5.78. The van der Waals surface area contributed by atoms with Gasteiger partial charge >= 0.3 is 12.1 Å². The lowest BCUT2D eigenvalue weighted by molar-refractivity contribution is -0.144. The number of aliphatic carboxylic acids is 1. The fourth-order valence-corrected chi connectivity index (χ4v) is 1.38. The van der Waals surface area contributed by atoms with E-state index in [1.165, 1.54) is 6.92 Å². The lowest BCUT2D eigenvalue weighted by Gasteiger charge is -2.28. The van der Waals surface area contributed by atoms with E-state index in [1.54, 1.807) is 20.8 Å². The highest BCUT2D eigenvalue weighted by molar-refractivity contribution is 7.81. The molecule has 0 saturated carbocycles.